The van der Waals surface area contributed by atoms with Crippen LogP contribution in [-0.4, -0.2) is 26.0 Å². The molecule has 0 saturated heterocycles. The van der Waals surface area contributed by atoms with Crippen LogP contribution in [0.2, 0.25) is 0 Å². The topological polar surface area (TPSA) is 63.2 Å². The Labute approximate surface area is 104 Å². The molecule has 0 aromatic rings. The van der Waals surface area contributed by atoms with Gasteiger partial charge in [-0.05, 0) is 30.6 Å². The highest BCUT2D eigenvalue weighted by Gasteiger charge is 2.38. The number of hydrogen-bond donors (Lipinski definition) is 1. The maximum Gasteiger partial charge on any atom is 0.207 e. The Morgan fingerprint density at radius 2 is 2.00 bits per heavy atom. The van der Waals surface area contributed by atoms with Crippen LogP contribution in [0.15, 0.2) is 0 Å². The second-order valence-electron chi connectivity index (χ2n) is 5.49. The van der Waals surface area contributed by atoms with Gasteiger partial charge in [0.2, 0.25) is 6.41 Å². The number of carbonyl (C=O) groups is 1. The molecule has 0 aromatic carbocycles. The van der Waals surface area contributed by atoms with Crippen molar-refractivity contribution in [1.82, 2.24) is 5.32 Å². The summed E-state index contributed by atoms with van der Waals surface area (Å²) in [5.74, 6) is 0.834. The zero-order chi connectivity index (χ0) is 13.1. The fourth-order valence-electron chi connectivity index (χ4n) is 2.78. The van der Waals surface area contributed by atoms with Gasteiger partial charge in [0, 0.05) is 0 Å². The highest BCUT2D eigenvalue weighted by molar-refractivity contribution is 7.92. The van der Waals surface area contributed by atoms with Gasteiger partial charge in [0.15, 0.2) is 9.84 Å². The number of hydrogen-bond acceptors (Lipinski definition) is 3. The Hall–Kier alpha value is -0.580. The van der Waals surface area contributed by atoms with Gasteiger partial charge in [-0.3, -0.25) is 4.79 Å². The predicted octanol–water partition coefficient (Wildman–Crippen LogP) is 1.57. The van der Waals surface area contributed by atoms with Gasteiger partial charge in [-0.2, -0.15) is 0 Å². The van der Waals surface area contributed by atoms with Crippen LogP contribution in [0.4, 0.5) is 0 Å². The van der Waals surface area contributed by atoms with E-state index in [-0.39, 0.29) is 17.0 Å². The molecule has 0 unspecified atom stereocenters. The summed E-state index contributed by atoms with van der Waals surface area (Å²) in [4.78, 5) is 10.2. The second-order valence-corrected chi connectivity index (χ2v) is 7.71. The summed E-state index contributed by atoms with van der Waals surface area (Å²) in [5.41, 5.74) is 0. The minimum atomic E-state index is -3.21. The SMILES string of the molecule is CC(C)[C@@H]1CC[C@@H](C)C[C@H]1S(=O)(=O)CNC=O. The van der Waals surface area contributed by atoms with E-state index in [0.717, 1.165) is 19.3 Å². The molecule has 1 amide bonds. The molecule has 1 aliphatic rings. The molecular formula is C12H23NO3S. The van der Waals surface area contributed by atoms with E-state index in [4.69, 9.17) is 0 Å². The maximum absolute atomic E-state index is 12.2. The number of nitrogens with one attached hydrogen (secondary N) is 1. The highest BCUT2D eigenvalue weighted by Crippen LogP contribution is 2.37. The van der Waals surface area contributed by atoms with Crippen LogP contribution in [0.25, 0.3) is 0 Å². The van der Waals surface area contributed by atoms with Crippen LogP contribution in [0.3, 0.4) is 0 Å². The number of carbonyl (C=O) groups excluding carboxylic acids is 1. The minimum absolute atomic E-state index is 0.225. The zero-order valence-electron chi connectivity index (χ0n) is 10.8. The van der Waals surface area contributed by atoms with E-state index in [1.54, 1.807) is 0 Å². The molecule has 17 heavy (non-hydrogen) atoms. The number of rotatable bonds is 5. The molecule has 1 saturated carbocycles. The third-order valence-corrected chi connectivity index (χ3v) is 5.82. The molecule has 0 radical (unpaired) electrons. The lowest BCUT2D eigenvalue weighted by molar-refractivity contribution is -0.109. The average molecular weight is 261 g/mol. The molecular weight excluding hydrogens is 238 g/mol. The van der Waals surface area contributed by atoms with Gasteiger partial charge in [-0.25, -0.2) is 8.42 Å². The third-order valence-electron chi connectivity index (χ3n) is 3.79. The molecule has 0 aliphatic heterocycles. The monoisotopic (exact) mass is 261 g/mol. The van der Waals surface area contributed by atoms with E-state index in [0.29, 0.717) is 18.2 Å². The molecule has 0 heterocycles. The first kappa shape index (κ1) is 14.5. The Balaban J connectivity index is 2.85. The van der Waals surface area contributed by atoms with Gasteiger partial charge in [0.05, 0.1) is 5.25 Å². The van der Waals surface area contributed by atoms with Gasteiger partial charge < -0.3 is 5.32 Å². The molecule has 100 valence electrons. The smallest absolute Gasteiger partial charge is 0.207 e. The van der Waals surface area contributed by atoms with Crippen LogP contribution in [0, 0.1) is 17.8 Å². The van der Waals surface area contributed by atoms with Crippen molar-refractivity contribution in [2.75, 3.05) is 5.88 Å². The summed E-state index contributed by atoms with van der Waals surface area (Å²) in [5, 5.41) is 2.00. The van der Waals surface area contributed by atoms with Gasteiger partial charge in [-0.1, -0.05) is 27.2 Å². The molecule has 0 spiro atoms. The molecule has 4 nitrogen and oxygen atoms in total. The van der Waals surface area contributed by atoms with Gasteiger partial charge in [0.1, 0.15) is 5.88 Å². The lowest BCUT2D eigenvalue weighted by Gasteiger charge is -2.36. The normalized spacial score (nSPS) is 30.2. The van der Waals surface area contributed by atoms with Gasteiger partial charge in [-0.15, -0.1) is 0 Å². The van der Waals surface area contributed by atoms with Crippen molar-refractivity contribution >= 4 is 16.2 Å². The van der Waals surface area contributed by atoms with E-state index >= 15 is 0 Å². The van der Waals surface area contributed by atoms with Crippen LogP contribution in [0.5, 0.6) is 0 Å². The van der Waals surface area contributed by atoms with E-state index in [1.165, 1.54) is 0 Å². The average Bonchev–Trinajstić information content (AvgIpc) is 2.26. The fourth-order valence-corrected chi connectivity index (χ4v) is 4.90. The molecule has 1 fully saturated rings. The summed E-state index contributed by atoms with van der Waals surface area (Å²) in [6, 6.07) is 0. The van der Waals surface area contributed by atoms with Crippen molar-refractivity contribution in [1.29, 1.82) is 0 Å². The second kappa shape index (κ2) is 5.85. The van der Waals surface area contributed by atoms with Gasteiger partial charge in [0.25, 0.3) is 0 Å². The van der Waals surface area contributed by atoms with Gasteiger partial charge >= 0.3 is 0 Å². The van der Waals surface area contributed by atoms with Crippen LogP contribution in [0.1, 0.15) is 40.0 Å². The largest absolute Gasteiger partial charge is 0.345 e. The predicted molar refractivity (Wildman–Crippen MR) is 68.1 cm³/mol. The van der Waals surface area contributed by atoms with Crippen molar-refractivity contribution < 1.29 is 13.2 Å². The van der Waals surface area contributed by atoms with E-state index in [9.17, 15) is 13.2 Å². The lowest BCUT2D eigenvalue weighted by Crippen LogP contribution is -2.41. The van der Waals surface area contributed by atoms with E-state index in [2.05, 4.69) is 26.1 Å². The third kappa shape index (κ3) is 3.69. The highest BCUT2D eigenvalue weighted by atomic mass is 32.2. The van der Waals surface area contributed by atoms with E-state index in [1.807, 2.05) is 0 Å². The standard InChI is InChI=1S/C12H23NO3S/c1-9(2)11-5-4-10(3)6-12(11)17(15,16)8-13-7-14/h7,9-12H,4-6,8H2,1-3H3,(H,13,14)/t10-,11+,12-/m1/s1. The molecule has 1 aliphatic carbocycles. The van der Waals surface area contributed by atoms with Crippen molar-refractivity contribution in [3.8, 4) is 0 Å². The lowest BCUT2D eigenvalue weighted by atomic mass is 9.77. The van der Waals surface area contributed by atoms with Crippen molar-refractivity contribution in [3.63, 3.8) is 0 Å². The van der Waals surface area contributed by atoms with Crippen molar-refractivity contribution in [2.24, 2.45) is 17.8 Å². The zero-order valence-corrected chi connectivity index (χ0v) is 11.7. The Bertz CT molecular complexity index is 351. The summed E-state index contributed by atoms with van der Waals surface area (Å²) < 4.78 is 24.4. The first-order valence-electron chi connectivity index (χ1n) is 6.27. The molecule has 5 heteroatoms. The molecule has 3 atom stereocenters. The summed E-state index contributed by atoms with van der Waals surface area (Å²) in [7, 11) is -3.21. The molecule has 0 bridgehead atoms. The molecule has 1 rings (SSSR count). The Morgan fingerprint density at radius 3 is 2.53 bits per heavy atom. The van der Waals surface area contributed by atoms with Crippen LogP contribution in [-0.2, 0) is 14.6 Å². The van der Waals surface area contributed by atoms with Crippen molar-refractivity contribution in [3.05, 3.63) is 0 Å². The Kier molecular flexibility index (Phi) is 4.98. The number of amides is 1. The minimum Gasteiger partial charge on any atom is -0.345 e. The summed E-state index contributed by atoms with van der Waals surface area (Å²) >= 11 is 0. The Morgan fingerprint density at radius 1 is 1.35 bits per heavy atom. The number of sulfone groups is 1. The first-order valence-corrected chi connectivity index (χ1v) is 7.98. The maximum atomic E-state index is 12.2. The molecule has 1 N–H and O–H groups in total. The quantitative estimate of drug-likeness (QED) is 0.764. The molecule has 0 aromatic heterocycles. The van der Waals surface area contributed by atoms with Crippen LogP contribution < -0.4 is 5.32 Å². The van der Waals surface area contributed by atoms with E-state index < -0.39 is 9.84 Å². The van der Waals surface area contributed by atoms with Crippen LogP contribution >= 0.6 is 0 Å². The first-order chi connectivity index (χ1) is 7.88. The summed E-state index contributed by atoms with van der Waals surface area (Å²) in [6.45, 7) is 6.26. The summed E-state index contributed by atoms with van der Waals surface area (Å²) in [6.07, 6.45) is 3.26. The fraction of sp³-hybridized carbons (Fsp3) is 0.917. The van der Waals surface area contributed by atoms with Crippen molar-refractivity contribution in [2.45, 2.75) is 45.3 Å².